The highest BCUT2D eigenvalue weighted by molar-refractivity contribution is 7.89. The molecule has 0 amide bonds. The number of nitrogens with zero attached hydrogens (tertiary/aromatic N) is 2. The second-order valence-electron chi connectivity index (χ2n) is 8.03. The molecule has 0 unspecified atom stereocenters. The first-order chi connectivity index (χ1) is 16.8. The van der Waals surface area contributed by atoms with E-state index in [-0.39, 0.29) is 4.90 Å². The van der Waals surface area contributed by atoms with E-state index in [1.54, 1.807) is 83.0 Å². The summed E-state index contributed by atoms with van der Waals surface area (Å²) in [6.45, 7) is 1.91. The fraction of sp³-hybridized carbons (Fsp3) is 0.269. The van der Waals surface area contributed by atoms with E-state index in [1.807, 2.05) is 13.0 Å². The van der Waals surface area contributed by atoms with Crippen molar-refractivity contribution in [3.05, 3.63) is 77.4 Å². The Morgan fingerprint density at radius 2 is 1.46 bits per heavy atom. The Labute approximate surface area is 205 Å². The summed E-state index contributed by atoms with van der Waals surface area (Å²) < 4.78 is 50.5. The van der Waals surface area contributed by atoms with Crippen LogP contribution in [-0.4, -0.2) is 47.0 Å². The van der Waals surface area contributed by atoms with Crippen molar-refractivity contribution in [2.24, 2.45) is 5.10 Å². The number of methoxy groups -OCH3 is 4. The highest BCUT2D eigenvalue weighted by Gasteiger charge is 2.39. The molecular formula is C26H28N2O6S. The summed E-state index contributed by atoms with van der Waals surface area (Å²) in [6, 6.07) is 16.8. The number of benzene rings is 3. The molecule has 3 aromatic carbocycles. The molecule has 0 bridgehead atoms. The standard InChI is InChI=1S/C26H28N2O6S/c1-17-6-10-20(11-7-17)35(29,30)28-23(21-15-19(31-2)9-13-24(21)32-3)16-22(27-28)18-8-12-25(33-4)26(14-18)34-5/h6-15,23H,16H2,1-5H3/t23-/m1/s1. The van der Waals surface area contributed by atoms with Crippen LogP contribution in [0.4, 0.5) is 0 Å². The van der Waals surface area contributed by atoms with Crippen molar-refractivity contribution in [3.63, 3.8) is 0 Å². The third-order valence-corrected chi connectivity index (χ3v) is 7.65. The first-order valence-corrected chi connectivity index (χ1v) is 12.4. The fourth-order valence-electron chi connectivity index (χ4n) is 4.05. The summed E-state index contributed by atoms with van der Waals surface area (Å²) in [5, 5.41) is 4.62. The van der Waals surface area contributed by atoms with Gasteiger partial charge in [0.15, 0.2) is 11.5 Å². The number of ether oxygens (including phenoxy) is 4. The van der Waals surface area contributed by atoms with Crippen molar-refractivity contribution in [2.75, 3.05) is 28.4 Å². The van der Waals surface area contributed by atoms with Crippen LogP contribution in [0.25, 0.3) is 0 Å². The number of hydrogen-bond donors (Lipinski definition) is 0. The molecule has 3 aromatic rings. The van der Waals surface area contributed by atoms with Crippen molar-refractivity contribution in [3.8, 4) is 23.0 Å². The first kappa shape index (κ1) is 24.4. The normalized spacial score (nSPS) is 15.5. The van der Waals surface area contributed by atoms with Gasteiger partial charge in [-0.25, -0.2) is 0 Å². The Morgan fingerprint density at radius 3 is 2.09 bits per heavy atom. The van der Waals surface area contributed by atoms with Gasteiger partial charge in [-0.2, -0.15) is 17.9 Å². The van der Waals surface area contributed by atoms with Gasteiger partial charge < -0.3 is 18.9 Å². The molecular weight excluding hydrogens is 468 g/mol. The number of hydrazone groups is 1. The van der Waals surface area contributed by atoms with E-state index in [0.717, 1.165) is 11.1 Å². The molecule has 0 spiro atoms. The van der Waals surface area contributed by atoms with Crippen LogP contribution in [0, 0.1) is 6.92 Å². The molecule has 0 aromatic heterocycles. The number of hydrogen-bond acceptors (Lipinski definition) is 7. The monoisotopic (exact) mass is 496 g/mol. The maximum absolute atomic E-state index is 13.8. The van der Waals surface area contributed by atoms with Gasteiger partial charge in [0.2, 0.25) is 0 Å². The van der Waals surface area contributed by atoms with E-state index in [4.69, 9.17) is 18.9 Å². The minimum Gasteiger partial charge on any atom is -0.497 e. The summed E-state index contributed by atoms with van der Waals surface area (Å²) >= 11 is 0. The molecule has 0 N–H and O–H groups in total. The number of rotatable bonds is 8. The summed E-state index contributed by atoms with van der Waals surface area (Å²) in [7, 11) is 2.25. The van der Waals surface area contributed by atoms with E-state index in [0.29, 0.717) is 40.7 Å². The zero-order valence-corrected chi connectivity index (χ0v) is 21.1. The first-order valence-electron chi connectivity index (χ1n) is 10.9. The Bertz CT molecular complexity index is 1350. The van der Waals surface area contributed by atoms with Crippen LogP contribution in [0.3, 0.4) is 0 Å². The van der Waals surface area contributed by atoms with Crippen molar-refractivity contribution >= 4 is 15.7 Å². The summed E-state index contributed by atoms with van der Waals surface area (Å²) in [6.07, 6.45) is 0.324. The number of aryl methyl sites for hydroxylation is 1. The maximum atomic E-state index is 13.8. The largest absolute Gasteiger partial charge is 0.497 e. The fourth-order valence-corrected chi connectivity index (χ4v) is 5.48. The Balaban J connectivity index is 1.86. The van der Waals surface area contributed by atoms with Crippen molar-refractivity contribution in [2.45, 2.75) is 24.3 Å². The highest BCUT2D eigenvalue weighted by Crippen LogP contribution is 2.42. The van der Waals surface area contributed by atoms with Gasteiger partial charge in [-0.3, -0.25) is 0 Å². The Morgan fingerprint density at radius 1 is 0.800 bits per heavy atom. The van der Waals surface area contributed by atoms with Crippen LogP contribution < -0.4 is 18.9 Å². The molecule has 35 heavy (non-hydrogen) atoms. The van der Waals surface area contributed by atoms with E-state index < -0.39 is 16.1 Å². The molecule has 0 radical (unpaired) electrons. The lowest BCUT2D eigenvalue weighted by Gasteiger charge is -2.25. The van der Waals surface area contributed by atoms with E-state index in [1.165, 1.54) is 4.41 Å². The van der Waals surface area contributed by atoms with Crippen LogP contribution in [0.1, 0.15) is 29.2 Å². The van der Waals surface area contributed by atoms with Gasteiger partial charge >= 0.3 is 0 Å². The molecule has 1 heterocycles. The second-order valence-corrected chi connectivity index (χ2v) is 9.83. The van der Waals surface area contributed by atoms with Crippen LogP contribution in [0.5, 0.6) is 23.0 Å². The van der Waals surface area contributed by atoms with E-state index >= 15 is 0 Å². The molecule has 0 fully saturated rings. The third kappa shape index (κ3) is 4.64. The smallest absolute Gasteiger partial charge is 0.279 e. The SMILES string of the molecule is COc1ccc(OC)c([C@H]2CC(c3ccc(OC)c(OC)c3)=NN2S(=O)(=O)c2ccc(C)cc2)c1. The second kappa shape index (κ2) is 9.87. The lowest BCUT2D eigenvalue weighted by molar-refractivity contribution is 0.346. The van der Waals surface area contributed by atoms with Gasteiger partial charge in [0.1, 0.15) is 11.5 Å². The maximum Gasteiger partial charge on any atom is 0.279 e. The van der Waals surface area contributed by atoms with Gasteiger partial charge in [-0.05, 0) is 55.5 Å². The Hall–Kier alpha value is -3.72. The van der Waals surface area contributed by atoms with E-state index in [9.17, 15) is 8.42 Å². The van der Waals surface area contributed by atoms with Crippen molar-refractivity contribution in [1.82, 2.24) is 4.41 Å². The van der Waals surface area contributed by atoms with Gasteiger partial charge in [0, 0.05) is 17.5 Å². The lowest BCUT2D eigenvalue weighted by atomic mass is 9.98. The topological polar surface area (TPSA) is 86.7 Å². The van der Waals surface area contributed by atoms with Crippen molar-refractivity contribution in [1.29, 1.82) is 0 Å². The van der Waals surface area contributed by atoms with Crippen LogP contribution in [-0.2, 0) is 10.0 Å². The molecule has 0 saturated carbocycles. The molecule has 0 aliphatic carbocycles. The van der Waals surface area contributed by atoms with Gasteiger partial charge in [0.25, 0.3) is 10.0 Å². The molecule has 1 atom stereocenters. The quantitative estimate of drug-likeness (QED) is 0.454. The van der Waals surface area contributed by atoms with E-state index in [2.05, 4.69) is 5.10 Å². The minimum absolute atomic E-state index is 0.160. The molecule has 4 rings (SSSR count). The average molecular weight is 497 g/mol. The zero-order valence-electron chi connectivity index (χ0n) is 20.3. The van der Waals surface area contributed by atoms with Crippen LogP contribution in [0.2, 0.25) is 0 Å². The van der Waals surface area contributed by atoms with Gasteiger partial charge in [-0.1, -0.05) is 17.7 Å². The average Bonchev–Trinajstić information content (AvgIpc) is 3.34. The molecule has 1 aliphatic rings. The summed E-state index contributed by atoms with van der Waals surface area (Å²) in [5.74, 6) is 2.24. The van der Waals surface area contributed by atoms with Crippen LogP contribution in [0.15, 0.2) is 70.7 Å². The zero-order chi connectivity index (χ0) is 25.2. The van der Waals surface area contributed by atoms with Crippen molar-refractivity contribution < 1.29 is 27.4 Å². The Kier molecular flexibility index (Phi) is 6.88. The lowest BCUT2D eigenvalue weighted by Crippen LogP contribution is -2.27. The van der Waals surface area contributed by atoms with Crippen LogP contribution >= 0.6 is 0 Å². The predicted molar refractivity (Wildman–Crippen MR) is 133 cm³/mol. The minimum atomic E-state index is -3.97. The van der Waals surface area contributed by atoms with Gasteiger partial charge in [0.05, 0.1) is 45.1 Å². The number of sulfonamides is 1. The molecule has 1 aliphatic heterocycles. The van der Waals surface area contributed by atoms with Gasteiger partial charge in [-0.15, -0.1) is 0 Å². The molecule has 9 heteroatoms. The highest BCUT2D eigenvalue weighted by atomic mass is 32.2. The molecule has 8 nitrogen and oxygen atoms in total. The predicted octanol–water partition coefficient (Wildman–Crippen LogP) is 4.57. The summed E-state index contributed by atoms with van der Waals surface area (Å²) in [4.78, 5) is 0.160. The molecule has 184 valence electrons. The molecule has 0 saturated heterocycles. The summed E-state index contributed by atoms with van der Waals surface area (Å²) in [5.41, 5.74) is 2.94. The third-order valence-electron chi connectivity index (χ3n) is 5.95.